The summed E-state index contributed by atoms with van der Waals surface area (Å²) in [6.07, 6.45) is 0.896. The third-order valence-corrected chi connectivity index (χ3v) is 5.96. The van der Waals surface area contributed by atoms with Gasteiger partial charge in [0.05, 0.1) is 11.8 Å². The quantitative estimate of drug-likeness (QED) is 0.187. The van der Waals surface area contributed by atoms with Crippen molar-refractivity contribution in [2.75, 3.05) is 6.54 Å². The fraction of sp³-hybridized carbons (Fsp3) is 0.333. The minimum absolute atomic E-state index is 0.0623. The molecule has 1 heterocycles. The van der Waals surface area contributed by atoms with Crippen LogP contribution in [-0.4, -0.2) is 40.5 Å². The highest BCUT2D eigenvalue weighted by molar-refractivity contribution is 8.01. The molecule has 0 radical (unpaired) electrons. The molecule has 0 aromatic heterocycles. The second-order valence-corrected chi connectivity index (χ2v) is 8.92. The van der Waals surface area contributed by atoms with Gasteiger partial charge in [0.25, 0.3) is 0 Å². The van der Waals surface area contributed by atoms with Crippen LogP contribution in [-0.2, 0) is 19.5 Å². The molecule has 10 nitrogen and oxygen atoms in total. The Labute approximate surface area is 208 Å². The molecule has 1 fully saturated rings. The first-order valence-corrected chi connectivity index (χ1v) is 12.1. The summed E-state index contributed by atoms with van der Waals surface area (Å²) >= 11 is 0.835. The van der Waals surface area contributed by atoms with E-state index in [1.165, 1.54) is 17.0 Å². The van der Waals surface area contributed by atoms with E-state index in [1.807, 2.05) is 30.3 Å². The number of likely N-dealkylation sites (tertiary alicyclic amines) is 1. The van der Waals surface area contributed by atoms with E-state index >= 15 is 0 Å². The maximum absolute atomic E-state index is 13.6. The number of phenolic OH excluding ortho intramolecular Hbond substituents is 1. The van der Waals surface area contributed by atoms with Crippen LogP contribution in [0.5, 0.6) is 5.75 Å². The zero-order chi connectivity index (χ0) is 25.4. The first-order chi connectivity index (χ1) is 16.8. The lowest BCUT2D eigenvalue weighted by atomic mass is 10.1. The van der Waals surface area contributed by atoms with Crippen molar-refractivity contribution >= 4 is 29.5 Å². The highest BCUT2D eigenvalue weighted by Crippen LogP contribution is 2.26. The molecule has 0 aliphatic carbocycles. The summed E-state index contributed by atoms with van der Waals surface area (Å²) in [5, 5.41) is 18.5. The summed E-state index contributed by atoms with van der Waals surface area (Å²) in [5.41, 5.74) is 10.5. The minimum atomic E-state index is -0.962. The van der Waals surface area contributed by atoms with Crippen molar-refractivity contribution in [1.82, 2.24) is 15.7 Å². The van der Waals surface area contributed by atoms with Crippen LogP contribution in [0, 0.1) is 0 Å². The fourth-order valence-corrected chi connectivity index (χ4v) is 4.08. The maximum atomic E-state index is 13.6. The molecule has 0 spiro atoms. The van der Waals surface area contributed by atoms with Gasteiger partial charge in [-0.25, -0.2) is 4.89 Å². The molecular formula is C24H31N5O5S. The third-order valence-electron chi connectivity index (χ3n) is 5.40. The molecule has 188 valence electrons. The van der Waals surface area contributed by atoms with Gasteiger partial charge >= 0.3 is 0 Å². The van der Waals surface area contributed by atoms with Gasteiger partial charge in [-0.2, -0.15) is 5.48 Å². The molecule has 0 saturated carbocycles. The Morgan fingerprint density at radius 3 is 2.46 bits per heavy atom. The molecule has 2 amide bonds. The van der Waals surface area contributed by atoms with Gasteiger partial charge in [0.1, 0.15) is 22.9 Å². The molecule has 2 aromatic carbocycles. The van der Waals surface area contributed by atoms with Crippen LogP contribution >= 0.6 is 11.9 Å². The largest absolute Gasteiger partial charge is 0.508 e. The standard InChI is InChI=1S/C24H31N5O5S/c1-15(2)33-34-28-21(17-10-12-18(30)13-11-17)24(32)29-14-6-9-19(29)22(31)27-23(35-26)20(25)16-7-4-3-5-8-16/h3-5,7-8,10-13,15,19,21,28,30H,6,9,14,25-26H2,1-2H3,(H,27,31)/b23-20-/t19-,21-/m0/s1. The number of hydrogen-bond acceptors (Lipinski definition) is 9. The number of rotatable bonds is 10. The third kappa shape index (κ3) is 6.96. The molecule has 3 rings (SSSR count). The van der Waals surface area contributed by atoms with Crippen LogP contribution in [0.25, 0.3) is 5.70 Å². The molecule has 11 heteroatoms. The molecule has 1 saturated heterocycles. The predicted octanol–water partition coefficient (Wildman–Crippen LogP) is 2.29. The minimum Gasteiger partial charge on any atom is -0.508 e. The maximum Gasteiger partial charge on any atom is 0.247 e. The fourth-order valence-electron chi connectivity index (χ4n) is 3.67. The molecule has 2 aromatic rings. The van der Waals surface area contributed by atoms with Crippen LogP contribution in [0.15, 0.2) is 59.6 Å². The van der Waals surface area contributed by atoms with Gasteiger partial charge in [0.15, 0.2) is 0 Å². The Morgan fingerprint density at radius 1 is 1.14 bits per heavy atom. The van der Waals surface area contributed by atoms with Crippen LogP contribution in [0.2, 0.25) is 0 Å². The lowest BCUT2D eigenvalue weighted by molar-refractivity contribution is -0.361. The number of hydroxylamine groups is 1. The molecule has 1 aliphatic rings. The number of carbonyl (C=O) groups is 2. The van der Waals surface area contributed by atoms with Gasteiger partial charge in [-0.15, -0.1) is 4.99 Å². The first-order valence-electron chi connectivity index (χ1n) is 11.2. The number of hydrogen-bond donors (Lipinski definition) is 5. The first kappa shape index (κ1) is 26.5. The highest BCUT2D eigenvalue weighted by atomic mass is 32.2. The summed E-state index contributed by atoms with van der Waals surface area (Å²) in [7, 11) is 0. The smallest absolute Gasteiger partial charge is 0.247 e. The second-order valence-electron chi connectivity index (χ2n) is 8.28. The number of benzene rings is 2. The highest BCUT2D eigenvalue weighted by Gasteiger charge is 2.38. The second kappa shape index (κ2) is 12.6. The Balaban J connectivity index is 1.79. The number of nitrogens with one attached hydrogen (secondary N) is 2. The van der Waals surface area contributed by atoms with Crippen molar-refractivity contribution < 1.29 is 24.6 Å². The van der Waals surface area contributed by atoms with Crippen LogP contribution < -0.4 is 21.7 Å². The van der Waals surface area contributed by atoms with Crippen LogP contribution in [0.1, 0.15) is 43.9 Å². The van der Waals surface area contributed by atoms with Crippen molar-refractivity contribution in [2.24, 2.45) is 10.9 Å². The Morgan fingerprint density at radius 2 is 1.83 bits per heavy atom. The van der Waals surface area contributed by atoms with Gasteiger partial charge in [-0.05, 0) is 56.3 Å². The van der Waals surface area contributed by atoms with Crippen LogP contribution in [0.3, 0.4) is 0 Å². The SMILES string of the molecule is CC(C)OON[C@H](C(=O)N1CCC[C@H]1C(=O)N/C(SN)=C(/N)c1ccccc1)c1ccc(O)cc1. The molecule has 35 heavy (non-hydrogen) atoms. The van der Waals surface area contributed by atoms with Crippen LogP contribution in [0.4, 0.5) is 0 Å². The van der Waals surface area contributed by atoms with Crippen molar-refractivity contribution in [3.63, 3.8) is 0 Å². The zero-order valence-corrected chi connectivity index (χ0v) is 20.5. The van der Waals surface area contributed by atoms with E-state index in [2.05, 4.69) is 10.8 Å². The van der Waals surface area contributed by atoms with Gasteiger partial charge in [-0.1, -0.05) is 42.5 Å². The van der Waals surface area contributed by atoms with E-state index in [0.717, 1.165) is 17.5 Å². The topological polar surface area (TPSA) is 152 Å². The number of carbonyl (C=O) groups excluding carboxylic acids is 2. The van der Waals surface area contributed by atoms with Crippen molar-refractivity contribution in [3.05, 3.63) is 70.8 Å². The lowest BCUT2D eigenvalue weighted by Crippen LogP contribution is -2.49. The molecule has 2 atom stereocenters. The normalized spacial score (nSPS) is 17.3. The van der Waals surface area contributed by atoms with E-state index < -0.39 is 12.1 Å². The zero-order valence-electron chi connectivity index (χ0n) is 19.6. The number of amides is 2. The lowest BCUT2D eigenvalue weighted by Gasteiger charge is -2.28. The molecule has 7 N–H and O–H groups in total. The van der Waals surface area contributed by atoms with Crippen molar-refractivity contribution in [1.29, 1.82) is 0 Å². The van der Waals surface area contributed by atoms with E-state index in [-0.39, 0.29) is 23.7 Å². The number of nitrogens with zero attached hydrogens (tertiary/aromatic N) is 1. The van der Waals surface area contributed by atoms with E-state index in [4.69, 9.17) is 20.7 Å². The summed E-state index contributed by atoms with van der Waals surface area (Å²) in [6.45, 7) is 3.95. The summed E-state index contributed by atoms with van der Waals surface area (Å²) in [4.78, 5) is 38.4. The van der Waals surface area contributed by atoms with Gasteiger partial charge in [0.2, 0.25) is 11.8 Å². The monoisotopic (exact) mass is 501 g/mol. The van der Waals surface area contributed by atoms with Crippen molar-refractivity contribution in [2.45, 2.75) is 44.9 Å². The van der Waals surface area contributed by atoms with Gasteiger partial charge in [-0.3, -0.25) is 14.7 Å². The van der Waals surface area contributed by atoms with E-state index in [0.29, 0.717) is 35.7 Å². The average molecular weight is 502 g/mol. The average Bonchev–Trinajstić information content (AvgIpc) is 3.36. The molecule has 0 bridgehead atoms. The number of nitrogens with two attached hydrogens (primary N) is 2. The Hall–Kier alpha value is -3.09. The van der Waals surface area contributed by atoms with Gasteiger partial charge < -0.3 is 21.1 Å². The van der Waals surface area contributed by atoms with E-state index in [1.54, 1.807) is 26.0 Å². The number of aromatic hydroxyl groups is 1. The molecule has 0 unspecified atom stereocenters. The molecular weight excluding hydrogens is 470 g/mol. The Bertz CT molecular complexity index is 1030. The Kier molecular flexibility index (Phi) is 9.52. The summed E-state index contributed by atoms with van der Waals surface area (Å²) < 4.78 is 0. The van der Waals surface area contributed by atoms with Gasteiger partial charge in [0, 0.05) is 12.1 Å². The predicted molar refractivity (Wildman–Crippen MR) is 133 cm³/mol. The molecule has 1 aliphatic heterocycles. The summed E-state index contributed by atoms with van der Waals surface area (Å²) in [6, 6.07) is 13.6. The van der Waals surface area contributed by atoms with Crippen molar-refractivity contribution in [3.8, 4) is 5.75 Å². The summed E-state index contributed by atoms with van der Waals surface area (Å²) in [5.74, 6) is -0.693. The van der Waals surface area contributed by atoms with E-state index in [9.17, 15) is 14.7 Å². The number of phenols is 1.